The van der Waals surface area contributed by atoms with E-state index in [9.17, 15) is 39.9 Å². The third kappa shape index (κ3) is 6.90. The van der Waals surface area contributed by atoms with E-state index in [0.717, 1.165) is 56.5 Å². The molecule has 2 aliphatic rings. The number of carbonyl (C=O) groups excluding carboxylic acids is 1. The quantitative estimate of drug-likeness (QED) is 0.371. The Labute approximate surface area is 245 Å². The van der Waals surface area contributed by atoms with Crippen molar-refractivity contribution in [2.75, 3.05) is 31.1 Å². The van der Waals surface area contributed by atoms with Gasteiger partial charge < -0.3 is 15.3 Å². The zero-order chi connectivity index (χ0) is 32.4. The lowest BCUT2D eigenvalue weighted by Crippen LogP contribution is -2.72. The van der Waals surface area contributed by atoms with Crippen molar-refractivity contribution in [1.29, 1.82) is 0 Å². The summed E-state index contributed by atoms with van der Waals surface area (Å²) in [5.74, 6) is -6.40. The third-order valence-electron chi connectivity index (χ3n) is 7.18. The topological polar surface area (TPSA) is 98.7 Å². The van der Waals surface area contributed by atoms with E-state index in [4.69, 9.17) is 9.90 Å². The fourth-order valence-corrected chi connectivity index (χ4v) is 5.34. The molecule has 1 atom stereocenters. The minimum Gasteiger partial charge on any atom is -0.475 e. The molecule has 1 aromatic carbocycles. The molecule has 5 rings (SSSR count). The molecule has 3 aromatic rings. The van der Waals surface area contributed by atoms with Crippen molar-refractivity contribution >= 4 is 17.6 Å². The Morgan fingerprint density at radius 1 is 0.977 bits per heavy atom. The number of anilines is 1. The zero-order valence-electron chi connectivity index (χ0n) is 22.9. The summed E-state index contributed by atoms with van der Waals surface area (Å²) in [4.78, 5) is 33.1. The standard InChI is InChI=1S/C26H24F5N5O.C2HF3O2/c1-16(37)34-26(24(30)31,18-3-4-21(28)22(29)6-18)23-5-2-17(8-33-23)11-35-12-25(13-35)14-36(15-25)20-7-19(27)9-32-10-20;3-2(4,5)1(6)7/h2-10,24H,11-15H2,1H3,(H,34,37);(H,6,7)/t26-;/m1./s1. The second-order valence-electron chi connectivity index (χ2n) is 10.6. The number of carboxylic acid groups (broad SMARTS) is 1. The van der Waals surface area contributed by atoms with E-state index in [1.54, 1.807) is 12.3 Å². The highest BCUT2D eigenvalue weighted by Gasteiger charge is 2.52. The molecule has 0 radical (unpaired) electrons. The number of hydrogen-bond acceptors (Lipinski definition) is 6. The van der Waals surface area contributed by atoms with Gasteiger partial charge in [-0.1, -0.05) is 12.1 Å². The molecule has 16 heteroatoms. The number of hydrogen-bond donors (Lipinski definition) is 2. The van der Waals surface area contributed by atoms with Gasteiger partial charge in [-0.25, -0.2) is 26.7 Å². The number of nitrogens with zero attached hydrogens (tertiary/aromatic N) is 4. The average Bonchev–Trinajstić information content (AvgIpc) is 2.89. The first-order valence-corrected chi connectivity index (χ1v) is 12.9. The van der Waals surface area contributed by atoms with E-state index in [0.29, 0.717) is 12.6 Å². The maximum atomic E-state index is 14.5. The monoisotopic (exact) mass is 631 g/mol. The van der Waals surface area contributed by atoms with Crippen LogP contribution in [-0.4, -0.2) is 70.6 Å². The maximum Gasteiger partial charge on any atom is 0.490 e. The largest absolute Gasteiger partial charge is 0.490 e. The lowest BCUT2D eigenvalue weighted by molar-refractivity contribution is -0.192. The van der Waals surface area contributed by atoms with Crippen molar-refractivity contribution in [3.05, 3.63) is 89.3 Å². The van der Waals surface area contributed by atoms with Crippen molar-refractivity contribution in [1.82, 2.24) is 20.2 Å². The fourth-order valence-electron chi connectivity index (χ4n) is 5.34. The molecule has 8 nitrogen and oxygen atoms in total. The summed E-state index contributed by atoms with van der Waals surface area (Å²) < 4.78 is 102. The van der Waals surface area contributed by atoms with Crippen molar-refractivity contribution in [3.8, 4) is 0 Å². The maximum absolute atomic E-state index is 14.5. The second-order valence-corrected chi connectivity index (χ2v) is 10.6. The Kier molecular flexibility index (Phi) is 9.13. The van der Waals surface area contributed by atoms with Crippen LogP contribution >= 0.6 is 0 Å². The molecule has 2 aromatic heterocycles. The highest BCUT2D eigenvalue weighted by molar-refractivity contribution is 5.75. The molecule has 0 saturated carbocycles. The predicted octanol–water partition coefficient (Wildman–Crippen LogP) is 4.49. The predicted molar refractivity (Wildman–Crippen MR) is 139 cm³/mol. The number of carbonyl (C=O) groups is 2. The van der Waals surface area contributed by atoms with Gasteiger partial charge in [0.1, 0.15) is 5.82 Å². The summed E-state index contributed by atoms with van der Waals surface area (Å²) in [7, 11) is 0. The van der Waals surface area contributed by atoms with E-state index < -0.39 is 41.7 Å². The van der Waals surface area contributed by atoms with Crippen LogP contribution in [0.1, 0.15) is 23.7 Å². The minimum atomic E-state index is -5.08. The molecule has 44 heavy (non-hydrogen) atoms. The fraction of sp³-hybridized carbons (Fsp3) is 0.357. The molecule has 2 saturated heterocycles. The van der Waals surface area contributed by atoms with E-state index >= 15 is 0 Å². The number of carboxylic acids is 1. The third-order valence-corrected chi connectivity index (χ3v) is 7.18. The number of alkyl halides is 5. The van der Waals surface area contributed by atoms with E-state index in [1.807, 2.05) is 0 Å². The van der Waals surface area contributed by atoms with Gasteiger partial charge >= 0.3 is 12.1 Å². The van der Waals surface area contributed by atoms with Gasteiger partial charge in [-0.2, -0.15) is 13.2 Å². The molecular weight excluding hydrogens is 606 g/mol. The van der Waals surface area contributed by atoms with E-state index in [-0.39, 0.29) is 22.5 Å². The van der Waals surface area contributed by atoms with Crippen LogP contribution in [0, 0.1) is 22.9 Å². The van der Waals surface area contributed by atoms with Gasteiger partial charge in [-0.3, -0.25) is 19.7 Å². The first-order chi connectivity index (χ1) is 20.5. The van der Waals surface area contributed by atoms with Crippen molar-refractivity contribution in [3.63, 3.8) is 0 Å². The molecule has 2 N–H and O–H groups in total. The molecule has 0 aliphatic carbocycles. The van der Waals surface area contributed by atoms with Crippen LogP contribution in [0.5, 0.6) is 0 Å². The van der Waals surface area contributed by atoms with Gasteiger partial charge in [0.15, 0.2) is 17.2 Å². The van der Waals surface area contributed by atoms with E-state index in [2.05, 4.69) is 25.1 Å². The Morgan fingerprint density at radius 3 is 2.14 bits per heavy atom. The van der Waals surface area contributed by atoms with Crippen LogP contribution in [0.15, 0.2) is 55.0 Å². The number of aliphatic carboxylic acids is 1. The van der Waals surface area contributed by atoms with Crippen LogP contribution in [0.25, 0.3) is 0 Å². The number of amides is 1. The zero-order valence-corrected chi connectivity index (χ0v) is 22.9. The summed E-state index contributed by atoms with van der Waals surface area (Å²) >= 11 is 0. The summed E-state index contributed by atoms with van der Waals surface area (Å²) in [6, 6.07) is 6.87. The van der Waals surface area contributed by atoms with Gasteiger partial charge in [0.05, 0.1) is 23.8 Å². The molecular formula is C28H25F8N5O3. The second kappa shape index (κ2) is 12.3. The Bertz CT molecular complexity index is 1510. The number of benzene rings is 1. The SMILES string of the molecule is CC(=O)N[C@](c1ccc(F)c(F)c1)(c1ccc(CN2CC3(C2)CN(c2cncc(F)c2)C3)cn1)C(F)F.O=C(O)C(F)(F)F. The number of pyridine rings is 2. The van der Waals surface area contributed by atoms with Gasteiger partial charge in [-0.05, 0) is 29.3 Å². The van der Waals surface area contributed by atoms with Crippen LogP contribution in [0.4, 0.5) is 40.8 Å². The van der Waals surface area contributed by atoms with Crippen molar-refractivity contribution in [2.24, 2.45) is 5.41 Å². The van der Waals surface area contributed by atoms with Crippen molar-refractivity contribution < 1.29 is 49.8 Å². The Hall–Kier alpha value is -4.34. The number of nitrogens with one attached hydrogen (secondary N) is 1. The smallest absolute Gasteiger partial charge is 0.475 e. The van der Waals surface area contributed by atoms with Crippen LogP contribution in [0.2, 0.25) is 0 Å². The van der Waals surface area contributed by atoms with E-state index in [1.165, 1.54) is 24.5 Å². The molecule has 1 spiro atoms. The lowest BCUT2D eigenvalue weighted by Gasteiger charge is -2.61. The highest BCUT2D eigenvalue weighted by Crippen LogP contribution is 2.42. The summed E-state index contributed by atoms with van der Waals surface area (Å²) in [5, 5.41) is 9.34. The van der Waals surface area contributed by atoms with Crippen LogP contribution in [0.3, 0.4) is 0 Å². The first kappa shape index (κ1) is 32.6. The number of aromatic nitrogens is 2. The normalized spacial score (nSPS) is 17.2. The molecule has 1 amide bonds. The molecule has 2 fully saturated rings. The van der Waals surface area contributed by atoms with Gasteiger partial charge in [0.2, 0.25) is 5.91 Å². The number of halogens is 8. The van der Waals surface area contributed by atoms with Crippen LogP contribution in [-0.2, 0) is 21.7 Å². The Balaban J connectivity index is 0.000000566. The first-order valence-electron chi connectivity index (χ1n) is 12.9. The summed E-state index contributed by atoms with van der Waals surface area (Å²) in [6.07, 6.45) is -4.02. The molecule has 2 aliphatic heterocycles. The molecule has 4 heterocycles. The van der Waals surface area contributed by atoms with Crippen molar-refractivity contribution in [2.45, 2.75) is 31.6 Å². The van der Waals surface area contributed by atoms with Gasteiger partial charge in [0, 0.05) is 57.3 Å². The number of rotatable bonds is 7. The molecule has 0 bridgehead atoms. The number of likely N-dealkylation sites (tertiary alicyclic amines) is 1. The average molecular weight is 632 g/mol. The summed E-state index contributed by atoms with van der Waals surface area (Å²) in [6.45, 7) is 4.87. The van der Waals surface area contributed by atoms with Crippen LogP contribution < -0.4 is 10.2 Å². The molecule has 0 unspecified atom stereocenters. The lowest BCUT2D eigenvalue weighted by atomic mass is 9.72. The summed E-state index contributed by atoms with van der Waals surface area (Å²) in [5.41, 5.74) is -1.29. The van der Waals surface area contributed by atoms with Gasteiger partial charge in [-0.15, -0.1) is 0 Å². The highest BCUT2D eigenvalue weighted by atomic mass is 19.4. The molecule has 236 valence electrons. The minimum absolute atomic E-state index is 0.128. The Morgan fingerprint density at radius 2 is 1.64 bits per heavy atom. The van der Waals surface area contributed by atoms with Gasteiger partial charge in [0.25, 0.3) is 6.43 Å².